The molecule has 1 aliphatic heterocycles. The summed E-state index contributed by atoms with van der Waals surface area (Å²) in [5.41, 5.74) is 1.18. The molecule has 1 aliphatic rings. The van der Waals surface area contributed by atoms with E-state index in [0.717, 1.165) is 44.7 Å². The second-order valence-corrected chi connectivity index (χ2v) is 5.63. The van der Waals surface area contributed by atoms with Gasteiger partial charge in [-0.3, -0.25) is 4.68 Å². The first-order valence-corrected chi connectivity index (χ1v) is 8.21. The maximum Gasteiger partial charge on any atom is 0.161 e. The summed E-state index contributed by atoms with van der Waals surface area (Å²) in [6.45, 7) is 9.23. The van der Waals surface area contributed by atoms with Gasteiger partial charge >= 0.3 is 0 Å². The van der Waals surface area contributed by atoms with E-state index in [4.69, 9.17) is 9.47 Å². The Morgan fingerprint density at radius 2 is 2.29 bits per heavy atom. The van der Waals surface area contributed by atoms with Crippen LogP contribution in [0.1, 0.15) is 51.8 Å². The molecule has 0 radical (unpaired) electrons. The molecule has 21 heavy (non-hydrogen) atoms. The van der Waals surface area contributed by atoms with Crippen LogP contribution in [0.5, 0.6) is 5.75 Å². The smallest absolute Gasteiger partial charge is 0.161 e. The topological polar surface area (TPSA) is 48.3 Å². The van der Waals surface area contributed by atoms with Crippen LogP contribution in [0.15, 0.2) is 6.20 Å². The number of rotatable bonds is 8. The Labute approximate surface area is 128 Å². The molecule has 2 heterocycles. The molecule has 120 valence electrons. The first-order chi connectivity index (χ1) is 10.3. The van der Waals surface area contributed by atoms with E-state index < -0.39 is 0 Å². The first kappa shape index (κ1) is 16.3. The fraction of sp³-hybridized carbons (Fsp3) is 0.812. The lowest BCUT2D eigenvalue weighted by Gasteiger charge is -2.29. The van der Waals surface area contributed by atoms with Gasteiger partial charge < -0.3 is 14.8 Å². The summed E-state index contributed by atoms with van der Waals surface area (Å²) in [7, 11) is 1.72. The molecule has 3 unspecified atom stereocenters. The number of nitrogens with zero attached hydrogens (tertiary/aromatic N) is 2. The van der Waals surface area contributed by atoms with Gasteiger partial charge in [-0.15, -0.1) is 0 Å². The van der Waals surface area contributed by atoms with Crippen LogP contribution >= 0.6 is 0 Å². The van der Waals surface area contributed by atoms with E-state index in [1.54, 1.807) is 7.11 Å². The van der Waals surface area contributed by atoms with Crippen molar-refractivity contribution in [2.45, 2.75) is 58.7 Å². The predicted octanol–water partition coefficient (Wildman–Crippen LogP) is 2.77. The molecule has 5 heteroatoms. The third-order valence-corrected chi connectivity index (χ3v) is 4.31. The molecule has 0 saturated carbocycles. The molecular weight excluding hydrogens is 266 g/mol. The summed E-state index contributed by atoms with van der Waals surface area (Å²) < 4.78 is 13.6. The Balaban J connectivity index is 2.34. The number of hydrogen-bond acceptors (Lipinski definition) is 4. The van der Waals surface area contributed by atoms with Gasteiger partial charge in [0, 0.05) is 19.1 Å². The quantitative estimate of drug-likeness (QED) is 0.801. The number of hydrogen-bond donors (Lipinski definition) is 1. The average molecular weight is 295 g/mol. The molecule has 0 spiro atoms. The molecule has 1 saturated heterocycles. The molecular formula is C16H29N3O2. The summed E-state index contributed by atoms with van der Waals surface area (Å²) in [4.78, 5) is 0. The molecule has 1 fully saturated rings. The highest BCUT2D eigenvalue weighted by Crippen LogP contribution is 2.38. The van der Waals surface area contributed by atoms with Gasteiger partial charge in [-0.1, -0.05) is 20.8 Å². The van der Waals surface area contributed by atoms with Crippen molar-refractivity contribution in [2.24, 2.45) is 5.92 Å². The van der Waals surface area contributed by atoms with Gasteiger partial charge in [-0.25, -0.2) is 0 Å². The van der Waals surface area contributed by atoms with E-state index in [0.29, 0.717) is 12.0 Å². The predicted molar refractivity (Wildman–Crippen MR) is 83.6 cm³/mol. The maximum absolute atomic E-state index is 5.90. The average Bonchev–Trinajstić information content (AvgIpc) is 3.11. The zero-order chi connectivity index (χ0) is 15.2. The fourth-order valence-corrected chi connectivity index (χ4v) is 3.38. The van der Waals surface area contributed by atoms with Crippen LogP contribution in [0, 0.1) is 5.92 Å². The highest BCUT2D eigenvalue weighted by molar-refractivity contribution is 5.29. The molecule has 3 atom stereocenters. The van der Waals surface area contributed by atoms with Crippen molar-refractivity contribution in [3.8, 4) is 5.75 Å². The van der Waals surface area contributed by atoms with E-state index in [1.165, 1.54) is 5.69 Å². The number of ether oxygens (including phenoxy) is 2. The Bertz CT molecular complexity index is 433. The van der Waals surface area contributed by atoms with E-state index in [9.17, 15) is 0 Å². The lowest BCUT2D eigenvalue weighted by Crippen LogP contribution is -2.34. The van der Waals surface area contributed by atoms with Crippen molar-refractivity contribution in [1.29, 1.82) is 0 Å². The van der Waals surface area contributed by atoms with Gasteiger partial charge in [0.15, 0.2) is 5.75 Å². The number of nitrogens with one attached hydrogen (secondary N) is 1. The Hall–Kier alpha value is -1.07. The molecule has 1 N–H and O–H groups in total. The van der Waals surface area contributed by atoms with E-state index >= 15 is 0 Å². The molecule has 1 aromatic rings. The zero-order valence-electron chi connectivity index (χ0n) is 13.8. The van der Waals surface area contributed by atoms with Crippen molar-refractivity contribution in [2.75, 3.05) is 20.3 Å². The third kappa shape index (κ3) is 3.40. The summed E-state index contributed by atoms with van der Waals surface area (Å²) in [5.74, 6) is 1.37. The first-order valence-electron chi connectivity index (χ1n) is 8.21. The third-order valence-electron chi connectivity index (χ3n) is 4.31. The minimum Gasteiger partial charge on any atom is -0.493 e. The molecule has 2 rings (SSSR count). The van der Waals surface area contributed by atoms with Gasteiger partial charge in [-0.05, 0) is 25.8 Å². The Kier molecular flexibility index (Phi) is 6.06. The van der Waals surface area contributed by atoms with Crippen LogP contribution in [0.25, 0.3) is 0 Å². The lowest BCUT2D eigenvalue weighted by atomic mass is 9.88. The van der Waals surface area contributed by atoms with Crippen LogP contribution < -0.4 is 10.1 Å². The molecule has 1 aromatic heterocycles. The molecule has 0 bridgehead atoms. The Morgan fingerprint density at radius 1 is 1.48 bits per heavy atom. The summed E-state index contributed by atoms with van der Waals surface area (Å²) in [5, 5.41) is 8.16. The summed E-state index contributed by atoms with van der Waals surface area (Å²) >= 11 is 0. The molecule has 0 amide bonds. The van der Waals surface area contributed by atoms with Crippen molar-refractivity contribution < 1.29 is 9.47 Å². The highest BCUT2D eigenvalue weighted by atomic mass is 16.5. The van der Waals surface area contributed by atoms with Gasteiger partial charge in [0.1, 0.15) is 0 Å². The van der Waals surface area contributed by atoms with Crippen molar-refractivity contribution in [3.63, 3.8) is 0 Å². The van der Waals surface area contributed by atoms with E-state index in [-0.39, 0.29) is 6.04 Å². The SMILES string of the molecule is CCCn1ncc(OC)c1C(NCC)C1CCOC1CC. The summed E-state index contributed by atoms with van der Waals surface area (Å²) in [6, 6.07) is 0.242. The van der Waals surface area contributed by atoms with Crippen molar-refractivity contribution in [1.82, 2.24) is 15.1 Å². The lowest BCUT2D eigenvalue weighted by molar-refractivity contribution is 0.0762. The Morgan fingerprint density at radius 3 is 2.90 bits per heavy atom. The summed E-state index contributed by atoms with van der Waals surface area (Å²) in [6.07, 6.45) is 5.37. The van der Waals surface area contributed by atoms with Gasteiger partial charge in [0.05, 0.1) is 31.1 Å². The minimum atomic E-state index is 0.242. The number of aryl methyl sites for hydroxylation is 1. The van der Waals surface area contributed by atoms with E-state index in [1.807, 2.05) is 6.20 Å². The van der Waals surface area contributed by atoms with Crippen molar-refractivity contribution >= 4 is 0 Å². The molecule has 0 aliphatic carbocycles. The number of methoxy groups -OCH3 is 1. The normalized spacial score (nSPS) is 23.4. The molecule has 0 aromatic carbocycles. The monoisotopic (exact) mass is 295 g/mol. The van der Waals surface area contributed by atoms with E-state index in [2.05, 4.69) is 35.9 Å². The minimum absolute atomic E-state index is 0.242. The maximum atomic E-state index is 5.90. The standard InChI is InChI=1S/C16H29N3O2/c1-5-9-19-16(14(20-4)11-18-19)15(17-7-3)12-8-10-21-13(12)6-2/h11-13,15,17H,5-10H2,1-4H3. The fourth-order valence-electron chi connectivity index (χ4n) is 3.38. The van der Waals surface area contributed by atoms with Crippen molar-refractivity contribution in [3.05, 3.63) is 11.9 Å². The van der Waals surface area contributed by atoms with Crippen LogP contribution in [0.4, 0.5) is 0 Å². The van der Waals surface area contributed by atoms with Crippen LogP contribution in [-0.2, 0) is 11.3 Å². The second kappa shape index (κ2) is 7.80. The second-order valence-electron chi connectivity index (χ2n) is 5.63. The van der Waals surface area contributed by atoms with Gasteiger partial charge in [0.2, 0.25) is 0 Å². The van der Waals surface area contributed by atoms with Gasteiger partial charge in [-0.2, -0.15) is 5.10 Å². The molecule has 5 nitrogen and oxygen atoms in total. The van der Waals surface area contributed by atoms with Gasteiger partial charge in [0.25, 0.3) is 0 Å². The zero-order valence-corrected chi connectivity index (χ0v) is 13.8. The van der Waals surface area contributed by atoms with Crippen LogP contribution in [0.3, 0.4) is 0 Å². The number of aromatic nitrogens is 2. The van der Waals surface area contributed by atoms with Crippen LogP contribution in [0.2, 0.25) is 0 Å². The largest absolute Gasteiger partial charge is 0.493 e. The highest BCUT2D eigenvalue weighted by Gasteiger charge is 2.37. The van der Waals surface area contributed by atoms with Crippen LogP contribution in [-0.4, -0.2) is 36.1 Å².